The van der Waals surface area contributed by atoms with Gasteiger partial charge in [-0.25, -0.2) is 12.8 Å². The number of sulfonamides is 1. The molecule has 0 aromatic heterocycles. The van der Waals surface area contributed by atoms with Crippen LogP contribution < -0.4 is 13.8 Å². The van der Waals surface area contributed by atoms with Crippen molar-refractivity contribution < 1.29 is 31.8 Å². The summed E-state index contributed by atoms with van der Waals surface area (Å²) < 4.78 is 56.6. The number of hydrogen-bond acceptors (Lipinski definition) is 6. The molecular weight excluding hydrogens is 401 g/mol. The predicted molar refractivity (Wildman–Crippen MR) is 106 cm³/mol. The SMILES string of the molecule is CCOC(=O)CN(c1ccc(OC(C)C)cc1)S(=O)(=O)c1ccc(OC)c(F)c1. The van der Waals surface area contributed by atoms with Crippen LogP contribution in [0.5, 0.6) is 11.5 Å². The highest BCUT2D eigenvalue weighted by atomic mass is 32.2. The lowest BCUT2D eigenvalue weighted by atomic mass is 10.3. The molecule has 0 bridgehead atoms. The predicted octanol–water partition coefficient (Wildman–Crippen LogP) is 3.38. The minimum absolute atomic E-state index is 0.0532. The molecule has 0 aliphatic carbocycles. The van der Waals surface area contributed by atoms with E-state index in [2.05, 4.69) is 0 Å². The van der Waals surface area contributed by atoms with Crippen LogP contribution in [-0.4, -0.2) is 40.8 Å². The van der Waals surface area contributed by atoms with Crippen molar-refractivity contribution in [2.75, 3.05) is 24.6 Å². The number of hydrogen-bond donors (Lipinski definition) is 0. The first-order valence-electron chi connectivity index (χ1n) is 8.97. The van der Waals surface area contributed by atoms with Crippen LogP contribution in [0, 0.1) is 5.82 Å². The molecule has 0 heterocycles. The minimum Gasteiger partial charge on any atom is -0.494 e. The van der Waals surface area contributed by atoms with Crippen molar-refractivity contribution in [3.05, 3.63) is 48.3 Å². The standard InChI is InChI=1S/C20H24FNO6S/c1-5-27-20(23)13-22(15-6-8-16(9-7-15)28-14(2)3)29(24,25)17-10-11-19(26-4)18(21)12-17/h6-12,14H,5,13H2,1-4H3. The van der Waals surface area contributed by atoms with E-state index >= 15 is 0 Å². The highest BCUT2D eigenvalue weighted by Gasteiger charge is 2.28. The molecule has 0 spiro atoms. The van der Waals surface area contributed by atoms with Crippen molar-refractivity contribution in [2.24, 2.45) is 0 Å². The summed E-state index contributed by atoms with van der Waals surface area (Å²) in [4.78, 5) is 11.7. The number of methoxy groups -OCH3 is 1. The van der Waals surface area contributed by atoms with Crippen LogP contribution in [0.2, 0.25) is 0 Å². The van der Waals surface area contributed by atoms with Crippen molar-refractivity contribution in [3.63, 3.8) is 0 Å². The summed E-state index contributed by atoms with van der Waals surface area (Å²) in [6, 6.07) is 9.48. The van der Waals surface area contributed by atoms with Gasteiger partial charge in [-0.2, -0.15) is 0 Å². The summed E-state index contributed by atoms with van der Waals surface area (Å²) in [7, 11) is -2.98. The molecule has 29 heavy (non-hydrogen) atoms. The van der Waals surface area contributed by atoms with Gasteiger partial charge in [0, 0.05) is 0 Å². The molecule has 0 aliphatic heterocycles. The Kier molecular flexibility index (Phi) is 7.44. The summed E-state index contributed by atoms with van der Waals surface area (Å²) in [5.41, 5.74) is 0.213. The zero-order valence-corrected chi connectivity index (χ0v) is 17.5. The molecule has 0 aliphatic rings. The molecule has 0 unspecified atom stereocenters. The van der Waals surface area contributed by atoms with Crippen LogP contribution in [0.4, 0.5) is 10.1 Å². The van der Waals surface area contributed by atoms with Crippen molar-refractivity contribution >= 4 is 21.7 Å². The number of benzene rings is 2. The second-order valence-corrected chi connectivity index (χ2v) is 8.14. The minimum atomic E-state index is -4.25. The van der Waals surface area contributed by atoms with Crippen LogP contribution in [0.25, 0.3) is 0 Å². The average Bonchev–Trinajstić information content (AvgIpc) is 2.66. The van der Waals surface area contributed by atoms with Gasteiger partial charge in [0.15, 0.2) is 11.6 Å². The van der Waals surface area contributed by atoms with E-state index in [0.717, 1.165) is 10.4 Å². The van der Waals surface area contributed by atoms with Gasteiger partial charge >= 0.3 is 5.97 Å². The number of ether oxygens (including phenoxy) is 3. The molecule has 0 fully saturated rings. The molecule has 0 saturated heterocycles. The van der Waals surface area contributed by atoms with E-state index in [-0.39, 0.29) is 29.0 Å². The van der Waals surface area contributed by atoms with E-state index in [9.17, 15) is 17.6 Å². The van der Waals surface area contributed by atoms with E-state index in [1.807, 2.05) is 13.8 Å². The first-order chi connectivity index (χ1) is 13.7. The maximum atomic E-state index is 14.1. The zero-order valence-electron chi connectivity index (χ0n) is 16.7. The largest absolute Gasteiger partial charge is 0.494 e. The molecule has 0 N–H and O–H groups in total. The van der Waals surface area contributed by atoms with Gasteiger partial charge < -0.3 is 14.2 Å². The molecule has 9 heteroatoms. The second-order valence-electron chi connectivity index (χ2n) is 6.27. The maximum Gasteiger partial charge on any atom is 0.326 e. The lowest BCUT2D eigenvalue weighted by molar-refractivity contribution is -0.141. The lowest BCUT2D eigenvalue weighted by Crippen LogP contribution is -2.36. The summed E-state index contributed by atoms with van der Waals surface area (Å²) >= 11 is 0. The van der Waals surface area contributed by atoms with Gasteiger partial charge in [-0.3, -0.25) is 9.10 Å². The number of carbonyl (C=O) groups is 1. The fourth-order valence-corrected chi connectivity index (χ4v) is 3.96. The Hall–Kier alpha value is -2.81. The summed E-state index contributed by atoms with van der Waals surface area (Å²) in [5, 5.41) is 0. The Labute approximate surface area is 170 Å². The topological polar surface area (TPSA) is 82.1 Å². The molecule has 2 aromatic carbocycles. The van der Waals surface area contributed by atoms with Crippen molar-refractivity contribution in [1.29, 1.82) is 0 Å². The highest BCUT2D eigenvalue weighted by molar-refractivity contribution is 7.92. The first-order valence-corrected chi connectivity index (χ1v) is 10.4. The third kappa shape index (κ3) is 5.60. The number of halogens is 1. The van der Waals surface area contributed by atoms with Gasteiger partial charge in [-0.1, -0.05) is 0 Å². The van der Waals surface area contributed by atoms with E-state index in [4.69, 9.17) is 14.2 Å². The molecule has 0 amide bonds. The van der Waals surface area contributed by atoms with Gasteiger partial charge in [0.25, 0.3) is 10.0 Å². The zero-order chi connectivity index (χ0) is 21.6. The van der Waals surface area contributed by atoms with E-state index in [1.165, 1.54) is 31.4 Å². The number of nitrogens with zero attached hydrogens (tertiary/aromatic N) is 1. The molecule has 0 radical (unpaired) electrons. The van der Waals surface area contributed by atoms with Gasteiger partial charge in [0.1, 0.15) is 12.3 Å². The number of anilines is 1. The number of rotatable bonds is 9. The van der Waals surface area contributed by atoms with Crippen LogP contribution in [-0.2, 0) is 19.6 Å². The Morgan fingerprint density at radius 1 is 1.14 bits per heavy atom. The Balaban J connectivity index is 2.46. The molecule has 2 aromatic rings. The Bertz CT molecular complexity index is 944. The molecule has 158 valence electrons. The Morgan fingerprint density at radius 2 is 1.79 bits per heavy atom. The molecule has 2 rings (SSSR count). The normalized spacial score (nSPS) is 11.2. The van der Waals surface area contributed by atoms with Gasteiger partial charge in [-0.05, 0) is 63.2 Å². The van der Waals surface area contributed by atoms with Crippen LogP contribution >= 0.6 is 0 Å². The first kappa shape index (κ1) is 22.5. The van der Waals surface area contributed by atoms with Gasteiger partial charge in [-0.15, -0.1) is 0 Å². The monoisotopic (exact) mass is 425 g/mol. The maximum absolute atomic E-state index is 14.1. The van der Waals surface area contributed by atoms with Crippen molar-refractivity contribution in [3.8, 4) is 11.5 Å². The van der Waals surface area contributed by atoms with Crippen LogP contribution in [0.1, 0.15) is 20.8 Å². The fraction of sp³-hybridized carbons (Fsp3) is 0.350. The number of esters is 1. The lowest BCUT2D eigenvalue weighted by Gasteiger charge is -2.24. The van der Waals surface area contributed by atoms with Gasteiger partial charge in [0.2, 0.25) is 0 Å². The van der Waals surface area contributed by atoms with Crippen molar-refractivity contribution in [2.45, 2.75) is 31.8 Å². The molecule has 7 nitrogen and oxygen atoms in total. The summed E-state index contributed by atoms with van der Waals surface area (Å²) in [6.45, 7) is 4.89. The van der Waals surface area contributed by atoms with E-state index in [0.29, 0.717) is 5.75 Å². The summed E-state index contributed by atoms with van der Waals surface area (Å²) in [6.07, 6.45) is -0.0532. The molecular formula is C20H24FNO6S. The van der Waals surface area contributed by atoms with E-state index < -0.39 is 28.4 Å². The average molecular weight is 425 g/mol. The van der Waals surface area contributed by atoms with Crippen LogP contribution in [0.3, 0.4) is 0 Å². The van der Waals surface area contributed by atoms with Crippen LogP contribution in [0.15, 0.2) is 47.4 Å². The van der Waals surface area contributed by atoms with E-state index in [1.54, 1.807) is 19.1 Å². The Morgan fingerprint density at radius 3 is 2.31 bits per heavy atom. The fourth-order valence-electron chi connectivity index (χ4n) is 2.54. The molecule has 0 atom stereocenters. The third-order valence-electron chi connectivity index (χ3n) is 3.79. The summed E-state index contributed by atoms with van der Waals surface area (Å²) in [5.74, 6) is -1.10. The highest BCUT2D eigenvalue weighted by Crippen LogP contribution is 2.28. The quantitative estimate of drug-likeness (QED) is 0.573. The smallest absolute Gasteiger partial charge is 0.326 e. The number of carbonyl (C=O) groups excluding carboxylic acids is 1. The second kappa shape index (κ2) is 9.60. The van der Waals surface area contributed by atoms with Crippen molar-refractivity contribution in [1.82, 2.24) is 0 Å². The molecule has 0 saturated carbocycles. The third-order valence-corrected chi connectivity index (χ3v) is 5.56. The van der Waals surface area contributed by atoms with Gasteiger partial charge in [0.05, 0.1) is 30.4 Å².